The molecular formula is C24H26N2O3S3. The van der Waals surface area contributed by atoms with Crippen LogP contribution in [0.4, 0.5) is 0 Å². The van der Waals surface area contributed by atoms with Crippen LogP contribution in [-0.2, 0) is 22.4 Å². The van der Waals surface area contributed by atoms with Crippen LogP contribution in [0.1, 0.15) is 57.5 Å². The van der Waals surface area contributed by atoms with Crippen LogP contribution in [0.2, 0.25) is 0 Å². The maximum atomic E-state index is 12.9. The average Bonchev–Trinajstić information content (AvgIpc) is 3.35. The highest BCUT2D eigenvalue weighted by atomic mass is 32.2. The minimum atomic E-state index is -0.249. The van der Waals surface area contributed by atoms with Crippen LogP contribution in [0.25, 0.3) is 11.1 Å². The third-order valence-corrected chi connectivity index (χ3v) is 8.43. The van der Waals surface area contributed by atoms with Gasteiger partial charge in [0.05, 0.1) is 17.1 Å². The van der Waals surface area contributed by atoms with Crippen molar-refractivity contribution in [1.82, 2.24) is 9.47 Å². The number of thiocarbonyl (C=S) groups is 1. The number of rotatable bonds is 6. The van der Waals surface area contributed by atoms with Gasteiger partial charge in [-0.15, -0.1) is 17.9 Å². The van der Waals surface area contributed by atoms with E-state index >= 15 is 0 Å². The van der Waals surface area contributed by atoms with Crippen molar-refractivity contribution in [2.45, 2.75) is 46.5 Å². The number of aromatic nitrogens is 1. The number of carbonyl (C=O) groups excluding carboxylic acids is 2. The molecule has 3 heterocycles. The van der Waals surface area contributed by atoms with Gasteiger partial charge in [-0.1, -0.05) is 30.1 Å². The zero-order chi connectivity index (χ0) is 23.0. The molecule has 1 fully saturated rings. The summed E-state index contributed by atoms with van der Waals surface area (Å²) in [5.41, 5.74) is 4.80. The van der Waals surface area contributed by atoms with Gasteiger partial charge in [-0.3, -0.25) is 9.69 Å². The Morgan fingerprint density at radius 3 is 2.78 bits per heavy atom. The number of fused-ring (bicyclic) bond motifs is 1. The van der Waals surface area contributed by atoms with Crippen molar-refractivity contribution in [1.29, 1.82) is 0 Å². The lowest BCUT2D eigenvalue weighted by molar-refractivity contribution is -0.121. The van der Waals surface area contributed by atoms with Gasteiger partial charge in [0, 0.05) is 22.8 Å². The fourth-order valence-electron chi connectivity index (χ4n) is 4.30. The number of aryl methyl sites for hydroxylation is 2. The number of thiophene rings is 1. The Bertz CT molecular complexity index is 1160. The van der Waals surface area contributed by atoms with Crippen LogP contribution in [0.3, 0.4) is 0 Å². The number of esters is 1. The van der Waals surface area contributed by atoms with Gasteiger partial charge in [0.2, 0.25) is 0 Å². The van der Waals surface area contributed by atoms with Crippen LogP contribution in [-0.4, -0.2) is 38.8 Å². The average molecular weight is 487 g/mol. The third-order valence-electron chi connectivity index (χ3n) is 5.78. The zero-order valence-corrected chi connectivity index (χ0v) is 21.0. The SMILES string of the molecule is C=CCN1C(=O)/C(=C/c2cc(C)n(-c3sc4c(c3C(=O)OCC)CCCC4)c2C)SC1=S. The number of nitrogens with zero attached hydrogens (tertiary/aromatic N) is 2. The highest BCUT2D eigenvalue weighted by molar-refractivity contribution is 8.26. The van der Waals surface area contributed by atoms with E-state index in [4.69, 9.17) is 17.0 Å². The molecule has 0 bridgehead atoms. The lowest BCUT2D eigenvalue weighted by Crippen LogP contribution is -2.27. The van der Waals surface area contributed by atoms with Gasteiger partial charge in [0.1, 0.15) is 9.32 Å². The number of amides is 1. The molecule has 1 amide bonds. The van der Waals surface area contributed by atoms with Gasteiger partial charge in [-0.05, 0) is 69.7 Å². The third kappa shape index (κ3) is 4.00. The van der Waals surface area contributed by atoms with E-state index in [9.17, 15) is 9.59 Å². The highest BCUT2D eigenvalue weighted by Crippen LogP contribution is 2.40. The molecule has 8 heteroatoms. The topological polar surface area (TPSA) is 51.5 Å². The Labute approximate surface area is 202 Å². The van der Waals surface area contributed by atoms with Gasteiger partial charge in [0.15, 0.2) is 0 Å². The zero-order valence-electron chi connectivity index (χ0n) is 18.5. The van der Waals surface area contributed by atoms with E-state index in [0.29, 0.717) is 27.9 Å². The molecule has 0 unspecified atom stereocenters. The summed E-state index contributed by atoms with van der Waals surface area (Å²) in [6.07, 6.45) is 7.74. The summed E-state index contributed by atoms with van der Waals surface area (Å²) in [4.78, 5) is 29.2. The van der Waals surface area contributed by atoms with E-state index in [1.54, 1.807) is 22.3 Å². The lowest BCUT2D eigenvalue weighted by Gasteiger charge is -2.13. The molecule has 0 aromatic carbocycles. The number of hydrogen-bond acceptors (Lipinski definition) is 6. The first-order chi connectivity index (χ1) is 15.4. The van der Waals surface area contributed by atoms with Crippen molar-refractivity contribution in [2.75, 3.05) is 13.2 Å². The second-order valence-electron chi connectivity index (χ2n) is 7.85. The van der Waals surface area contributed by atoms with Crippen molar-refractivity contribution >= 4 is 57.6 Å². The van der Waals surface area contributed by atoms with Gasteiger partial charge < -0.3 is 9.30 Å². The van der Waals surface area contributed by atoms with Crippen molar-refractivity contribution in [3.8, 4) is 5.00 Å². The van der Waals surface area contributed by atoms with E-state index in [0.717, 1.165) is 53.2 Å². The number of carbonyl (C=O) groups is 2. The molecule has 2 aromatic heterocycles. The van der Waals surface area contributed by atoms with E-state index in [2.05, 4.69) is 17.2 Å². The Morgan fingerprint density at radius 2 is 2.06 bits per heavy atom. The normalized spacial score (nSPS) is 17.2. The Balaban J connectivity index is 1.79. The molecule has 5 nitrogen and oxygen atoms in total. The molecule has 0 spiro atoms. The quantitative estimate of drug-likeness (QED) is 0.230. The fourth-order valence-corrected chi connectivity index (χ4v) is 7.05. The summed E-state index contributed by atoms with van der Waals surface area (Å²) in [5, 5.41) is 0.921. The second-order valence-corrected chi connectivity index (χ2v) is 10.6. The monoisotopic (exact) mass is 486 g/mol. The highest BCUT2D eigenvalue weighted by Gasteiger charge is 2.32. The Morgan fingerprint density at radius 1 is 1.31 bits per heavy atom. The number of thioether (sulfide) groups is 1. The van der Waals surface area contributed by atoms with Crippen LogP contribution < -0.4 is 0 Å². The minimum Gasteiger partial charge on any atom is -0.462 e. The maximum absolute atomic E-state index is 12.9. The van der Waals surface area contributed by atoms with Crippen LogP contribution in [0, 0.1) is 13.8 Å². The molecule has 1 aliphatic carbocycles. The summed E-state index contributed by atoms with van der Waals surface area (Å²) in [5.74, 6) is -0.343. The van der Waals surface area contributed by atoms with Crippen LogP contribution in [0.5, 0.6) is 0 Å². The first-order valence-electron chi connectivity index (χ1n) is 10.7. The van der Waals surface area contributed by atoms with Gasteiger partial charge in [-0.2, -0.15) is 0 Å². The molecule has 1 aliphatic heterocycles. The van der Waals surface area contributed by atoms with E-state index < -0.39 is 0 Å². The number of hydrogen-bond donors (Lipinski definition) is 0. The van der Waals surface area contributed by atoms with Gasteiger partial charge in [0.25, 0.3) is 5.91 Å². The van der Waals surface area contributed by atoms with Gasteiger partial charge in [-0.25, -0.2) is 4.79 Å². The van der Waals surface area contributed by atoms with Crippen molar-refractivity contribution in [2.24, 2.45) is 0 Å². The molecular weight excluding hydrogens is 460 g/mol. The largest absolute Gasteiger partial charge is 0.462 e. The van der Waals surface area contributed by atoms with Crippen molar-refractivity contribution < 1.29 is 14.3 Å². The van der Waals surface area contributed by atoms with E-state index in [1.807, 2.05) is 26.8 Å². The summed E-state index contributed by atoms with van der Waals surface area (Å²) in [6, 6.07) is 2.06. The maximum Gasteiger partial charge on any atom is 0.341 e. The summed E-state index contributed by atoms with van der Waals surface area (Å²) < 4.78 is 8.11. The predicted molar refractivity (Wildman–Crippen MR) is 136 cm³/mol. The molecule has 1 saturated heterocycles. The molecule has 0 atom stereocenters. The summed E-state index contributed by atoms with van der Waals surface area (Å²) in [7, 11) is 0. The summed E-state index contributed by atoms with van der Waals surface area (Å²) >= 11 is 8.37. The molecule has 0 radical (unpaired) electrons. The molecule has 32 heavy (non-hydrogen) atoms. The van der Waals surface area contributed by atoms with E-state index in [1.165, 1.54) is 16.6 Å². The second kappa shape index (κ2) is 9.37. The van der Waals surface area contributed by atoms with Crippen molar-refractivity contribution in [3.05, 3.63) is 56.6 Å². The summed E-state index contributed by atoms with van der Waals surface area (Å²) in [6.45, 7) is 10.4. The first-order valence-corrected chi connectivity index (χ1v) is 12.8. The fraction of sp³-hybridized carbons (Fsp3) is 0.375. The Kier molecular flexibility index (Phi) is 6.74. The van der Waals surface area contributed by atoms with Crippen LogP contribution in [0.15, 0.2) is 23.6 Å². The van der Waals surface area contributed by atoms with Crippen LogP contribution >= 0.6 is 35.3 Å². The molecule has 0 saturated carbocycles. The molecule has 0 N–H and O–H groups in total. The van der Waals surface area contributed by atoms with E-state index in [-0.39, 0.29) is 11.9 Å². The lowest BCUT2D eigenvalue weighted by atomic mass is 9.95. The molecule has 2 aliphatic rings. The smallest absolute Gasteiger partial charge is 0.341 e. The molecule has 4 rings (SSSR count). The van der Waals surface area contributed by atoms with Gasteiger partial charge >= 0.3 is 5.97 Å². The Hall–Kier alpha value is -2.16. The predicted octanol–water partition coefficient (Wildman–Crippen LogP) is 5.60. The molecule has 168 valence electrons. The first kappa shape index (κ1) is 23.0. The standard InChI is InChI=1S/C24H26N2O3S3/c1-5-11-25-21(27)19(32-24(25)30)13-16-12-14(3)26(15(16)4)22-20(23(28)29-6-2)17-9-7-8-10-18(17)31-22/h5,12-13H,1,6-11H2,2-4H3/b19-13-. The minimum absolute atomic E-state index is 0.0940. The van der Waals surface area contributed by atoms with Crippen molar-refractivity contribution in [3.63, 3.8) is 0 Å². The molecule has 2 aromatic rings. The number of ether oxygens (including phenoxy) is 1.